The molecule has 0 N–H and O–H groups in total. The highest BCUT2D eigenvalue weighted by molar-refractivity contribution is 9.09. The summed E-state index contributed by atoms with van der Waals surface area (Å²) in [5.41, 5.74) is -0.414. The Morgan fingerprint density at radius 3 is 2.53 bits per heavy atom. The van der Waals surface area contributed by atoms with Gasteiger partial charge in [-0.25, -0.2) is 0 Å². The Morgan fingerprint density at radius 2 is 2.06 bits per heavy atom. The zero-order chi connectivity index (χ0) is 13.0. The molecule has 1 saturated carbocycles. The molecule has 2 aliphatic rings. The predicted molar refractivity (Wildman–Crippen MR) is 67.8 cm³/mol. The molecular weight excluding hydrogens is 284 g/mol. The minimum absolute atomic E-state index is 0.0138. The maximum atomic E-state index is 12.2. The predicted octanol–water partition coefficient (Wildman–Crippen LogP) is 2.48. The molecule has 2 bridgehead atoms. The van der Waals surface area contributed by atoms with E-state index in [9.17, 15) is 9.59 Å². The number of carbonyl (C=O) groups is 2. The van der Waals surface area contributed by atoms with Gasteiger partial charge in [0, 0.05) is 10.7 Å². The molecule has 3 nitrogen and oxygen atoms in total. The molecule has 1 heterocycles. The standard InChI is InChI=1S/C13H17BrO3/c1-7(6-14)5-12(3)10-8(2)9(15)13(12,4)11(16)17-10/h5,8,10H,6H2,1-4H3/b7-5+/t8-,10-,12+,13-/m0/s1. The lowest BCUT2D eigenvalue weighted by molar-refractivity contribution is -0.161. The molecule has 1 aliphatic carbocycles. The molecule has 0 radical (unpaired) electrons. The molecule has 94 valence electrons. The number of carbonyl (C=O) groups excluding carboxylic acids is 2. The van der Waals surface area contributed by atoms with Crippen LogP contribution in [0.1, 0.15) is 27.7 Å². The van der Waals surface area contributed by atoms with Crippen LogP contribution in [0.2, 0.25) is 0 Å². The van der Waals surface area contributed by atoms with Crippen molar-refractivity contribution in [3.63, 3.8) is 0 Å². The highest BCUT2D eigenvalue weighted by Gasteiger charge is 2.73. The second kappa shape index (κ2) is 3.67. The van der Waals surface area contributed by atoms with E-state index in [1.54, 1.807) is 6.92 Å². The highest BCUT2D eigenvalue weighted by atomic mass is 79.9. The number of Topliss-reactive ketones (excluding diaryl/α,β-unsaturated/α-hetero) is 1. The quantitative estimate of drug-likeness (QED) is 0.341. The summed E-state index contributed by atoms with van der Waals surface area (Å²) < 4.78 is 5.39. The molecule has 0 aromatic carbocycles. The van der Waals surface area contributed by atoms with Gasteiger partial charge in [-0.15, -0.1) is 0 Å². The van der Waals surface area contributed by atoms with Gasteiger partial charge in [0.25, 0.3) is 0 Å². The van der Waals surface area contributed by atoms with E-state index in [4.69, 9.17) is 4.74 Å². The van der Waals surface area contributed by atoms with Crippen molar-refractivity contribution >= 4 is 27.7 Å². The highest BCUT2D eigenvalue weighted by Crippen LogP contribution is 2.60. The number of alkyl halides is 1. The van der Waals surface area contributed by atoms with Crippen LogP contribution in [0.4, 0.5) is 0 Å². The summed E-state index contributed by atoms with van der Waals surface area (Å²) in [6.07, 6.45) is 1.71. The minimum Gasteiger partial charge on any atom is -0.460 e. The number of fused-ring (bicyclic) bond motifs is 2. The first-order valence-corrected chi connectivity index (χ1v) is 6.91. The molecule has 4 atom stereocenters. The lowest BCUT2D eigenvalue weighted by Crippen LogP contribution is -2.41. The van der Waals surface area contributed by atoms with Crippen molar-refractivity contribution in [2.24, 2.45) is 16.7 Å². The average molecular weight is 301 g/mol. The van der Waals surface area contributed by atoms with E-state index in [2.05, 4.69) is 15.9 Å². The second-order valence-electron chi connectivity index (χ2n) is 5.51. The Hall–Kier alpha value is -0.640. The van der Waals surface area contributed by atoms with Crippen molar-refractivity contribution in [3.8, 4) is 0 Å². The van der Waals surface area contributed by atoms with Crippen LogP contribution < -0.4 is 0 Å². The summed E-state index contributed by atoms with van der Waals surface area (Å²) in [5, 5.41) is 0.738. The number of halogens is 1. The molecule has 17 heavy (non-hydrogen) atoms. The number of rotatable bonds is 2. The molecule has 0 amide bonds. The van der Waals surface area contributed by atoms with Crippen molar-refractivity contribution in [3.05, 3.63) is 11.6 Å². The molecule has 2 rings (SSSR count). The Morgan fingerprint density at radius 1 is 1.47 bits per heavy atom. The van der Waals surface area contributed by atoms with Gasteiger partial charge in [-0.1, -0.05) is 41.4 Å². The smallest absolute Gasteiger partial charge is 0.320 e. The van der Waals surface area contributed by atoms with Crippen molar-refractivity contribution in [1.29, 1.82) is 0 Å². The fourth-order valence-electron chi connectivity index (χ4n) is 3.22. The Labute approximate surface area is 110 Å². The van der Waals surface area contributed by atoms with Gasteiger partial charge in [0.05, 0.1) is 5.92 Å². The summed E-state index contributed by atoms with van der Waals surface area (Å²) >= 11 is 3.39. The monoisotopic (exact) mass is 300 g/mol. The van der Waals surface area contributed by atoms with Crippen LogP contribution >= 0.6 is 15.9 Å². The fraction of sp³-hybridized carbons (Fsp3) is 0.692. The van der Waals surface area contributed by atoms with E-state index in [0.29, 0.717) is 0 Å². The van der Waals surface area contributed by atoms with E-state index in [1.165, 1.54) is 0 Å². The summed E-state index contributed by atoms with van der Waals surface area (Å²) in [6.45, 7) is 7.51. The molecular formula is C13H17BrO3. The van der Waals surface area contributed by atoms with Crippen LogP contribution in [-0.4, -0.2) is 23.2 Å². The number of ketones is 1. The van der Waals surface area contributed by atoms with Gasteiger partial charge in [0.2, 0.25) is 0 Å². The lowest BCUT2D eigenvalue weighted by atomic mass is 9.68. The topological polar surface area (TPSA) is 43.4 Å². The van der Waals surface area contributed by atoms with E-state index < -0.39 is 10.8 Å². The van der Waals surface area contributed by atoms with Gasteiger partial charge in [0.1, 0.15) is 11.5 Å². The number of esters is 1. The first-order valence-electron chi connectivity index (χ1n) is 5.78. The Balaban J connectivity index is 2.56. The molecule has 2 fully saturated rings. The largest absolute Gasteiger partial charge is 0.460 e. The zero-order valence-electron chi connectivity index (χ0n) is 10.5. The lowest BCUT2D eigenvalue weighted by Gasteiger charge is -2.28. The maximum Gasteiger partial charge on any atom is 0.320 e. The first-order chi connectivity index (χ1) is 7.79. The number of ether oxygens (including phenoxy) is 1. The number of hydrogen-bond donors (Lipinski definition) is 0. The first kappa shape index (κ1) is 12.8. The van der Waals surface area contributed by atoms with E-state index in [1.807, 2.05) is 26.8 Å². The molecule has 0 aromatic heterocycles. The van der Waals surface area contributed by atoms with Crippen molar-refractivity contribution in [1.82, 2.24) is 0 Å². The normalized spacial score (nSPS) is 45.4. The molecule has 4 heteroatoms. The van der Waals surface area contributed by atoms with E-state index in [0.717, 1.165) is 10.9 Å². The van der Waals surface area contributed by atoms with Gasteiger partial charge in [-0.05, 0) is 13.8 Å². The summed E-state index contributed by atoms with van der Waals surface area (Å²) in [7, 11) is 0. The second-order valence-corrected chi connectivity index (χ2v) is 6.07. The van der Waals surface area contributed by atoms with E-state index in [-0.39, 0.29) is 23.8 Å². The molecule has 0 aromatic rings. The SMILES string of the molecule is C/C(=C\[C@]1(C)[C@H]2OC(=O)[C@]1(C)C(=O)[C@@H]2C)CBr. The summed E-state index contributed by atoms with van der Waals surface area (Å²) in [5.74, 6) is -0.561. The molecule has 1 saturated heterocycles. The van der Waals surface area contributed by atoms with Crippen molar-refractivity contribution in [2.75, 3.05) is 5.33 Å². The Bertz CT molecular complexity index is 428. The van der Waals surface area contributed by atoms with Gasteiger partial charge in [0.15, 0.2) is 5.78 Å². The van der Waals surface area contributed by atoms with Crippen LogP contribution in [0.15, 0.2) is 11.6 Å². The molecule has 1 aliphatic heterocycles. The van der Waals surface area contributed by atoms with Gasteiger partial charge < -0.3 is 4.74 Å². The third-order valence-electron chi connectivity index (χ3n) is 4.43. The van der Waals surface area contributed by atoms with E-state index >= 15 is 0 Å². The van der Waals surface area contributed by atoms with Crippen LogP contribution in [0.5, 0.6) is 0 Å². The number of hydrogen-bond acceptors (Lipinski definition) is 3. The van der Waals surface area contributed by atoms with Crippen LogP contribution in [0.3, 0.4) is 0 Å². The fourth-order valence-corrected chi connectivity index (χ4v) is 3.38. The van der Waals surface area contributed by atoms with Crippen LogP contribution in [-0.2, 0) is 14.3 Å². The average Bonchev–Trinajstić information content (AvgIpc) is 2.55. The van der Waals surface area contributed by atoms with Crippen molar-refractivity contribution in [2.45, 2.75) is 33.8 Å². The summed E-state index contributed by atoms with van der Waals surface area (Å²) in [6, 6.07) is 0. The third-order valence-corrected chi connectivity index (χ3v) is 5.31. The maximum absolute atomic E-state index is 12.2. The van der Waals surface area contributed by atoms with Crippen LogP contribution in [0, 0.1) is 16.7 Å². The third kappa shape index (κ3) is 1.33. The number of allylic oxidation sites excluding steroid dienone is 1. The van der Waals surface area contributed by atoms with Crippen molar-refractivity contribution < 1.29 is 14.3 Å². The van der Waals surface area contributed by atoms with Gasteiger partial charge in [-0.2, -0.15) is 0 Å². The summed E-state index contributed by atoms with van der Waals surface area (Å²) in [4.78, 5) is 24.2. The Kier molecular flexibility index (Phi) is 2.77. The zero-order valence-corrected chi connectivity index (χ0v) is 12.1. The molecule has 0 unspecified atom stereocenters. The van der Waals surface area contributed by atoms with Crippen LogP contribution in [0.25, 0.3) is 0 Å². The van der Waals surface area contributed by atoms with Gasteiger partial charge >= 0.3 is 5.97 Å². The minimum atomic E-state index is -1.01. The molecule has 0 spiro atoms. The van der Waals surface area contributed by atoms with Gasteiger partial charge in [-0.3, -0.25) is 9.59 Å².